The van der Waals surface area contributed by atoms with Crippen molar-refractivity contribution < 1.29 is 13.9 Å². The van der Waals surface area contributed by atoms with E-state index in [0.29, 0.717) is 24.6 Å². The zero-order valence-corrected chi connectivity index (χ0v) is 15.0. The molecule has 0 N–H and O–H groups in total. The van der Waals surface area contributed by atoms with Crippen LogP contribution in [-0.4, -0.2) is 40.3 Å². The lowest BCUT2D eigenvalue weighted by Gasteiger charge is -2.36. The number of hydrogen-bond donors (Lipinski definition) is 0. The van der Waals surface area contributed by atoms with Crippen molar-refractivity contribution in [2.75, 3.05) is 19.8 Å². The van der Waals surface area contributed by atoms with Crippen molar-refractivity contribution in [2.24, 2.45) is 11.8 Å². The van der Waals surface area contributed by atoms with Gasteiger partial charge in [0.2, 0.25) is 0 Å². The van der Waals surface area contributed by atoms with E-state index in [2.05, 4.69) is 9.78 Å². The van der Waals surface area contributed by atoms with Gasteiger partial charge in [-0.15, -0.1) is 0 Å². The molecule has 6 heteroatoms. The Bertz CT molecular complexity index is 774. The molecule has 2 fully saturated rings. The fourth-order valence-corrected chi connectivity index (χ4v) is 3.84. The Labute approximate surface area is 153 Å². The van der Waals surface area contributed by atoms with E-state index in [0.717, 1.165) is 25.5 Å². The lowest BCUT2D eigenvalue weighted by Crippen LogP contribution is -2.43. The number of ether oxygens (including phenoxy) is 1. The molecule has 0 spiro atoms. The van der Waals surface area contributed by atoms with Gasteiger partial charge in [-0.05, 0) is 55.6 Å². The summed E-state index contributed by atoms with van der Waals surface area (Å²) in [5.74, 6) is 1.48. The fraction of sp³-hybridized carbons (Fsp3) is 0.600. The van der Waals surface area contributed by atoms with Crippen LogP contribution in [0.4, 0.5) is 0 Å². The van der Waals surface area contributed by atoms with Gasteiger partial charge < -0.3 is 14.1 Å². The highest BCUT2D eigenvalue weighted by molar-refractivity contribution is 5.94. The van der Waals surface area contributed by atoms with E-state index in [9.17, 15) is 4.79 Å². The van der Waals surface area contributed by atoms with Crippen LogP contribution in [0.3, 0.4) is 0 Å². The molecule has 2 aliphatic carbocycles. The molecule has 1 atom stereocenters. The molecule has 2 aromatic heterocycles. The molecule has 6 nitrogen and oxygen atoms in total. The lowest BCUT2D eigenvalue weighted by molar-refractivity contribution is 0.0344. The highest BCUT2D eigenvalue weighted by Crippen LogP contribution is 2.36. The Morgan fingerprint density at radius 3 is 2.81 bits per heavy atom. The van der Waals surface area contributed by atoms with E-state index in [-0.39, 0.29) is 11.9 Å². The van der Waals surface area contributed by atoms with Crippen molar-refractivity contribution in [3.05, 3.63) is 41.6 Å². The minimum Gasteiger partial charge on any atom is -0.472 e. The van der Waals surface area contributed by atoms with E-state index in [1.54, 1.807) is 12.3 Å². The van der Waals surface area contributed by atoms with Crippen molar-refractivity contribution in [1.29, 1.82) is 0 Å². The molecule has 1 aliphatic heterocycles. The van der Waals surface area contributed by atoms with Gasteiger partial charge in [0.05, 0.1) is 36.4 Å². The van der Waals surface area contributed by atoms with Gasteiger partial charge in [-0.25, -0.2) is 0 Å². The maximum absolute atomic E-state index is 13.0. The third-order valence-corrected chi connectivity index (χ3v) is 5.76. The maximum Gasteiger partial charge on any atom is 0.257 e. The Balaban J connectivity index is 1.42. The molecule has 138 valence electrons. The molecule has 0 saturated heterocycles. The fourth-order valence-electron chi connectivity index (χ4n) is 3.84. The molecule has 0 unspecified atom stereocenters. The van der Waals surface area contributed by atoms with Crippen LogP contribution in [0.2, 0.25) is 0 Å². The summed E-state index contributed by atoms with van der Waals surface area (Å²) in [6.07, 6.45) is 11.0. The first-order valence-corrected chi connectivity index (χ1v) is 9.75. The van der Waals surface area contributed by atoms with Gasteiger partial charge in [-0.2, -0.15) is 5.10 Å². The van der Waals surface area contributed by atoms with E-state index in [1.165, 1.54) is 43.2 Å². The number of fused-ring (bicyclic) bond motifs is 1. The second-order valence-corrected chi connectivity index (χ2v) is 7.94. The number of carbonyl (C=O) groups excluding carboxylic acids is 1. The summed E-state index contributed by atoms with van der Waals surface area (Å²) in [6, 6.07) is 1.67. The first-order valence-electron chi connectivity index (χ1n) is 9.75. The molecule has 2 aromatic rings. The summed E-state index contributed by atoms with van der Waals surface area (Å²) in [5, 5.41) is 4.64. The summed E-state index contributed by atoms with van der Waals surface area (Å²) in [7, 11) is 0. The molecule has 2 saturated carbocycles. The van der Waals surface area contributed by atoms with Gasteiger partial charge in [-0.3, -0.25) is 9.48 Å². The quantitative estimate of drug-likeness (QED) is 0.766. The Hall–Kier alpha value is -2.08. The SMILES string of the molecule is O=C(c1ccoc1)N1CCc2cnn(CC3CC3)c2[C@H]1COCC1CC1. The third-order valence-electron chi connectivity index (χ3n) is 5.76. The van der Waals surface area contributed by atoms with Crippen LogP contribution in [0.25, 0.3) is 0 Å². The van der Waals surface area contributed by atoms with Crippen LogP contribution in [0, 0.1) is 11.8 Å². The minimum atomic E-state index is -0.0684. The largest absolute Gasteiger partial charge is 0.472 e. The zero-order valence-electron chi connectivity index (χ0n) is 15.0. The van der Waals surface area contributed by atoms with E-state index < -0.39 is 0 Å². The summed E-state index contributed by atoms with van der Waals surface area (Å²) in [6.45, 7) is 3.01. The molecule has 0 bridgehead atoms. The smallest absolute Gasteiger partial charge is 0.257 e. The van der Waals surface area contributed by atoms with Crippen LogP contribution in [0.1, 0.15) is 53.3 Å². The van der Waals surface area contributed by atoms with E-state index in [4.69, 9.17) is 9.15 Å². The average Bonchev–Trinajstić information content (AvgIpc) is 3.55. The van der Waals surface area contributed by atoms with Gasteiger partial charge in [0.25, 0.3) is 5.91 Å². The average molecular weight is 355 g/mol. The maximum atomic E-state index is 13.0. The number of carbonyl (C=O) groups is 1. The molecule has 5 rings (SSSR count). The van der Waals surface area contributed by atoms with Gasteiger partial charge in [0, 0.05) is 19.7 Å². The molecule has 3 heterocycles. The predicted molar refractivity (Wildman–Crippen MR) is 94.7 cm³/mol. The summed E-state index contributed by atoms with van der Waals surface area (Å²) in [5.41, 5.74) is 3.05. The molecule has 1 amide bonds. The van der Waals surface area contributed by atoms with Crippen LogP contribution in [0.5, 0.6) is 0 Å². The Kier molecular flexibility index (Phi) is 4.08. The third kappa shape index (κ3) is 3.18. The zero-order chi connectivity index (χ0) is 17.5. The molecule has 26 heavy (non-hydrogen) atoms. The lowest BCUT2D eigenvalue weighted by atomic mass is 9.99. The van der Waals surface area contributed by atoms with Crippen molar-refractivity contribution >= 4 is 5.91 Å². The number of hydrogen-bond acceptors (Lipinski definition) is 4. The van der Waals surface area contributed by atoms with Crippen molar-refractivity contribution in [2.45, 2.75) is 44.7 Å². The van der Waals surface area contributed by atoms with Gasteiger partial charge in [0.15, 0.2) is 0 Å². The van der Waals surface area contributed by atoms with E-state index >= 15 is 0 Å². The monoisotopic (exact) mass is 355 g/mol. The molecule has 3 aliphatic rings. The Morgan fingerprint density at radius 1 is 1.23 bits per heavy atom. The predicted octanol–water partition coefficient (Wildman–Crippen LogP) is 3.05. The first-order chi connectivity index (χ1) is 12.8. The van der Waals surface area contributed by atoms with Crippen LogP contribution >= 0.6 is 0 Å². The van der Waals surface area contributed by atoms with Crippen molar-refractivity contribution in [3.8, 4) is 0 Å². The van der Waals surface area contributed by atoms with Gasteiger partial charge in [-0.1, -0.05) is 0 Å². The standard InChI is InChI=1S/C20H25N3O3/c24-20(17-6-8-25-12-17)22-7-5-16-9-21-23(10-14-1-2-14)19(16)18(22)13-26-11-15-3-4-15/h6,8-9,12,14-15,18H,1-5,7,10-11,13H2/t18-/m1/s1. The van der Waals surface area contributed by atoms with Crippen molar-refractivity contribution in [3.63, 3.8) is 0 Å². The second kappa shape index (κ2) is 6.58. The van der Waals surface area contributed by atoms with Gasteiger partial charge in [0.1, 0.15) is 6.26 Å². The number of furan rings is 1. The minimum absolute atomic E-state index is 0.0172. The summed E-state index contributed by atoms with van der Waals surface area (Å²) < 4.78 is 13.3. The second-order valence-electron chi connectivity index (χ2n) is 7.94. The molecular formula is C20H25N3O3. The normalized spacial score (nSPS) is 22.5. The number of rotatable bonds is 7. The number of amides is 1. The number of aromatic nitrogens is 2. The van der Waals surface area contributed by atoms with Gasteiger partial charge >= 0.3 is 0 Å². The molecule has 0 aromatic carbocycles. The number of nitrogens with zero attached hydrogens (tertiary/aromatic N) is 3. The van der Waals surface area contributed by atoms with Crippen LogP contribution in [-0.2, 0) is 17.7 Å². The molecule has 0 radical (unpaired) electrons. The summed E-state index contributed by atoms with van der Waals surface area (Å²) >= 11 is 0. The van der Waals surface area contributed by atoms with Crippen molar-refractivity contribution in [1.82, 2.24) is 14.7 Å². The van der Waals surface area contributed by atoms with E-state index in [1.807, 2.05) is 11.1 Å². The van der Waals surface area contributed by atoms with Crippen LogP contribution in [0.15, 0.2) is 29.2 Å². The topological polar surface area (TPSA) is 60.5 Å². The molecular weight excluding hydrogens is 330 g/mol. The van der Waals surface area contributed by atoms with Crippen LogP contribution < -0.4 is 0 Å². The highest BCUT2D eigenvalue weighted by atomic mass is 16.5. The summed E-state index contributed by atoms with van der Waals surface area (Å²) in [4.78, 5) is 15.0. The first kappa shape index (κ1) is 16.1. The Morgan fingerprint density at radius 2 is 2.08 bits per heavy atom. The highest BCUT2D eigenvalue weighted by Gasteiger charge is 2.36.